The Morgan fingerprint density at radius 2 is 1.71 bits per heavy atom. The van der Waals surface area contributed by atoms with E-state index in [9.17, 15) is 9.90 Å². The van der Waals surface area contributed by atoms with Gasteiger partial charge in [0.2, 0.25) is 0 Å². The molecule has 0 aliphatic heterocycles. The molecule has 0 aliphatic carbocycles. The summed E-state index contributed by atoms with van der Waals surface area (Å²) < 4.78 is 0. The number of aliphatic carboxylic acids is 1. The molecule has 0 atom stereocenters. The van der Waals surface area contributed by atoms with Gasteiger partial charge < -0.3 is 10.2 Å². The van der Waals surface area contributed by atoms with Crippen LogP contribution < -0.4 is 0 Å². The van der Waals surface area contributed by atoms with Gasteiger partial charge in [-0.15, -0.1) is 0 Å². The second-order valence-electron chi connectivity index (χ2n) is 6.40. The van der Waals surface area contributed by atoms with E-state index in [1.54, 1.807) is 18.0 Å². The molecule has 0 radical (unpaired) electrons. The van der Waals surface area contributed by atoms with Crippen molar-refractivity contribution in [2.45, 2.75) is 64.8 Å². The first kappa shape index (κ1) is 24.1. The van der Waals surface area contributed by atoms with Crippen LogP contribution in [0.4, 0.5) is 0 Å². The number of likely N-dealkylation sites (N-methyl/N-ethyl adjacent to an activating group) is 1. The zero-order chi connectivity index (χ0) is 17.1. The van der Waals surface area contributed by atoms with E-state index >= 15 is 0 Å². The van der Waals surface area contributed by atoms with Crippen molar-refractivity contribution in [2.75, 3.05) is 13.6 Å². The van der Waals surface area contributed by atoms with Crippen LogP contribution in [0, 0.1) is 0 Å². The van der Waals surface area contributed by atoms with Crippen molar-refractivity contribution in [3.05, 3.63) is 29.3 Å². The van der Waals surface area contributed by atoms with E-state index in [1.807, 2.05) is 12.1 Å². The zero-order valence-corrected chi connectivity index (χ0v) is 14.6. The first-order valence-corrected chi connectivity index (χ1v) is 8.74. The number of hydrogen-bond acceptors (Lipinski definition) is 3. The van der Waals surface area contributed by atoms with Crippen molar-refractivity contribution < 1.29 is 15.0 Å². The third-order valence-corrected chi connectivity index (χ3v) is 4.06. The fourth-order valence-corrected chi connectivity index (χ4v) is 2.78. The molecule has 1 rings (SSSR count). The molecule has 0 saturated heterocycles. The second kappa shape index (κ2) is 14.3. The number of hydrogen-bond donors (Lipinski definition) is 2. The molecule has 0 aliphatic rings. The molecule has 0 fully saturated rings. The normalized spacial score (nSPS) is 10.6. The number of phenolic OH excluding ortho intramolecular Hbond substituents is 1. The molecule has 1 aromatic carbocycles. The number of aromatic hydroxyl groups is 1. The van der Waals surface area contributed by atoms with Crippen LogP contribution in [0.5, 0.6) is 5.75 Å². The van der Waals surface area contributed by atoms with Crippen LogP contribution in [-0.4, -0.2) is 86.1 Å². The molecule has 0 saturated carbocycles. The molecule has 0 aromatic heterocycles. The number of rotatable bonds is 12. The number of nitrogens with zero attached hydrogens (tertiary/aromatic N) is 1. The van der Waals surface area contributed by atoms with Crippen molar-refractivity contribution in [3.63, 3.8) is 0 Å². The molecule has 0 unspecified atom stereocenters. The van der Waals surface area contributed by atoms with Gasteiger partial charge >= 0.3 is 57.4 Å². The van der Waals surface area contributed by atoms with Crippen LogP contribution in [0.25, 0.3) is 0 Å². The van der Waals surface area contributed by atoms with E-state index in [2.05, 4.69) is 6.92 Å². The van der Waals surface area contributed by atoms with Gasteiger partial charge in [-0.3, -0.25) is 9.69 Å². The number of carbonyl (C=O) groups is 1. The standard InChI is InChI=1S/C19H31NO3.K.H/c1-3-4-5-6-7-8-9-10-16-11-12-18(21)17(13-16)14-20(2)15-19(22)23;;/h11-13,21H,3-10,14-15H2,1-2H3,(H,22,23);;. The first-order valence-electron chi connectivity index (χ1n) is 8.74. The van der Waals surface area contributed by atoms with E-state index in [0.29, 0.717) is 6.54 Å². The summed E-state index contributed by atoms with van der Waals surface area (Å²) in [6.45, 7) is 2.65. The van der Waals surface area contributed by atoms with E-state index < -0.39 is 5.97 Å². The van der Waals surface area contributed by atoms with Gasteiger partial charge in [0.05, 0.1) is 6.54 Å². The average Bonchev–Trinajstić information content (AvgIpc) is 2.48. The number of carboxylic acids is 1. The molecule has 5 heteroatoms. The average molecular weight is 362 g/mol. The minimum absolute atomic E-state index is 0. The summed E-state index contributed by atoms with van der Waals surface area (Å²) in [5.74, 6) is -0.614. The number of aryl methyl sites for hydroxylation is 1. The van der Waals surface area contributed by atoms with Gasteiger partial charge in [-0.25, -0.2) is 0 Å². The first-order chi connectivity index (χ1) is 11.0. The van der Waals surface area contributed by atoms with Gasteiger partial charge in [0, 0.05) is 12.1 Å². The predicted molar refractivity (Wildman–Crippen MR) is 101 cm³/mol. The fraction of sp³-hybridized carbons (Fsp3) is 0.632. The fourth-order valence-electron chi connectivity index (χ4n) is 2.78. The molecule has 4 nitrogen and oxygen atoms in total. The summed E-state index contributed by atoms with van der Waals surface area (Å²) in [5, 5.41) is 18.7. The Balaban J connectivity index is 0.00000529. The molecular formula is C19H32KNO3. The molecule has 0 heterocycles. The summed E-state index contributed by atoms with van der Waals surface area (Å²) >= 11 is 0. The Hall–Kier alpha value is 0.0864. The Bertz CT molecular complexity index is 480. The van der Waals surface area contributed by atoms with Crippen LogP contribution in [0.2, 0.25) is 0 Å². The maximum atomic E-state index is 10.7. The molecule has 0 spiro atoms. The number of carboxylic acid groups (broad SMARTS) is 1. The number of benzene rings is 1. The monoisotopic (exact) mass is 361 g/mol. The quantitative estimate of drug-likeness (QED) is 0.441. The van der Waals surface area contributed by atoms with E-state index in [-0.39, 0.29) is 63.7 Å². The third kappa shape index (κ3) is 10.8. The van der Waals surface area contributed by atoms with Crippen molar-refractivity contribution in [1.82, 2.24) is 4.90 Å². The van der Waals surface area contributed by atoms with Crippen LogP contribution in [0.1, 0.15) is 63.0 Å². The molecule has 0 amide bonds. The predicted octanol–water partition coefficient (Wildman–Crippen LogP) is 3.55. The zero-order valence-electron chi connectivity index (χ0n) is 14.6. The molecule has 132 valence electrons. The van der Waals surface area contributed by atoms with Crippen LogP contribution >= 0.6 is 0 Å². The summed E-state index contributed by atoms with van der Waals surface area (Å²) in [4.78, 5) is 12.4. The minimum atomic E-state index is -0.855. The number of phenols is 1. The van der Waals surface area contributed by atoms with E-state index in [1.165, 1.54) is 50.5 Å². The van der Waals surface area contributed by atoms with E-state index in [4.69, 9.17) is 5.11 Å². The molecular weight excluding hydrogens is 329 g/mol. The van der Waals surface area contributed by atoms with Crippen LogP contribution in [0.15, 0.2) is 18.2 Å². The summed E-state index contributed by atoms with van der Waals surface area (Å²) in [6.07, 6.45) is 10.0. The number of unbranched alkanes of at least 4 members (excludes halogenated alkanes) is 6. The van der Waals surface area contributed by atoms with Gasteiger partial charge in [0.15, 0.2) is 0 Å². The Kier molecular flexibility index (Phi) is 14.3. The second-order valence-corrected chi connectivity index (χ2v) is 6.40. The Morgan fingerprint density at radius 1 is 1.08 bits per heavy atom. The Labute approximate surface area is 189 Å². The van der Waals surface area contributed by atoms with Gasteiger partial charge in [-0.1, -0.05) is 57.6 Å². The molecule has 0 bridgehead atoms. The molecule has 2 N–H and O–H groups in total. The van der Waals surface area contributed by atoms with Gasteiger partial charge in [-0.2, -0.15) is 0 Å². The molecule has 1 aromatic rings. The van der Waals surface area contributed by atoms with Crippen molar-refractivity contribution in [1.29, 1.82) is 0 Å². The van der Waals surface area contributed by atoms with Crippen LogP contribution in [-0.2, 0) is 17.8 Å². The van der Waals surface area contributed by atoms with Gasteiger partial charge in [-0.05, 0) is 31.5 Å². The Morgan fingerprint density at radius 3 is 2.33 bits per heavy atom. The van der Waals surface area contributed by atoms with E-state index in [0.717, 1.165) is 12.0 Å². The van der Waals surface area contributed by atoms with Crippen LogP contribution in [0.3, 0.4) is 0 Å². The summed E-state index contributed by atoms with van der Waals surface area (Å²) in [7, 11) is 1.75. The van der Waals surface area contributed by atoms with Gasteiger partial charge in [0.1, 0.15) is 5.75 Å². The van der Waals surface area contributed by atoms with Crippen molar-refractivity contribution in [3.8, 4) is 5.75 Å². The topological polar surface area (TPSA) is 60.8 Å². The maximum absolute atomic E-state index is 10.7. The van der Waals surface area contributed by atoms with Crippen molar-refractivity contribution >= 4 is 57.4 Å². The van der Waals surface area contributed by atoms with Gasteiger partial charge in [0.25, 0.3) is 0 Å². The third-order valence-electron chi connectivity index (χ3n) is 4.06. The summed E-state index contributed by atoms with van der Waals surface area (Å²) in [6, 6.07) is 5.69. The van der Waals surface area contributed by atoms with Crippen molar-refractivity contribution in [2.24, 2.45) is 0 Å². The summed E-state index contributed by atoms with van der Waals surface area (Å²) in [5.41, 5.74) is 2.02. The SMILES string of the molecule is CCCCCCCCCc1ccc(O)c(CN(C)CC(=O)O)c1.[KH]. The molecule has 24 heavy (non-hydrogen) atoms.